The molecule has 0 spiro atoms. The van der Waals surface area contributed by atoms with Crippen LogP contribution in [0.4, 0.5) is 0 Å². The van der Waals surface area contributed by atoms with Gasteiger partial charge in [-0.25, -0.2) is 0 Å². The minimum Gasteiger partial charge on any atom is -0.389 e. The van der Waals surface area contributed by atoms with E-state index in [1.165, 1.54) is 0 Å². The van der Waals surface area contributed by atoms with Gasteiger partial charge in [-0.2, -0.15) is 0 Å². The van der Waals surface area contributed by atoms with Gasteiger partial charge in [-0.05, 0) is 19.1 Å². The Balaban J connectivity index is 1.92. The van der Waals surface area contributed by atoms with E-state index in [2.05, 4.69) is 11.5 Å². The Hall–Kier alpha value is -1.77. The van der Waals surface area contributed by atoms with Crippen LogP contribution >= 0.6 is 0 Å². The number of carbonyl (C=O) groups is 1. The molecule has 1 amide bonds. The Morgan fingerprint density at radius 3 is 2.90 bits per heavy atom. The van der Waals surface area contributed by atoms with Crippen molar-refractivity contribution in [3.05, 3.63) is 48.0 Å². The molecule has 1 N–H and O–H groups in total. The van der Waals surface area contributed by atoms with E-state index in [1.54, 1.807) is 18.1 Å². The SMILES string of the molecule is C=CCOC[C@H](O)CN1CCO[C@H](CN(CCOC)C(=O)c2ccc(C)cc2)C1. The van der Waals surface area contributed by atoms with Gasteiger partial charge in [-0.3, -0.25) is 9.69 Å². The lowest BCUT2D eigenvalue weighted by atomic mass is 10.1. The molecule has 0 bridgehead atoms. The molecule has 1 aliphatic rings. The molecule has 1 fully saturated rings. The summed E-state index contributed by atoms with van der Waals surface area (Å²) in [7, 11) is 1.63. The van der Waals surface area contributed by atoms with Crippen LogP contribution in [0.25, 0.3) is 0 Å². The first kappa shape index (κ1) is 23.5. The maximum Gasteiger partial charge on any atom is 0.254 e. The number of carbonyl (C=O) groups excluding carboxylic acids is 1. The summed E-state index contributed by atoms with van der Waals surface area (Å²) in [6, 6.07) is 7.59. The van der Waals surface area contributed by atoms with Crippen molar-refractivity contribution >= 4 is 5.91 Å². The lowest BCUT2D eigenvalue weighted by molar-refractivity contribution is -0.0585. The van der Waals surface area contributed by atoms with Crippen molar-refractivity contribution < 1.29 is 24.1 Å². The van der Waals surface area contributed by atoms with Crippen LogP contribution in [0.1, 0.15) is 15.9 Å². The van der Waals surface area contributed by atoms with Gasteiger partial charge >= 0.3 is 0 Å². The van der Waals surface area contributed by atoms with Gasteiger partial charge in [0.1, 0.15) is 0 Å². The highest BCUT2D eigenvalue weighted by Gasteiger charge is 2.26. The Bertz CT molecular complexity index is 622. The number of ether oxygens (including phenoxy) is 3. The van der Waals surface area contributed by atoms with Crippen molar-refractivity contribution in [2.45, 2.75) is 19.1 Å². The lowest BCUT2D eigenvalue weighted by Gasteiger charge is -2.36. The highest BCUT2D eigenvalue weighted by molar-refractivity contribution is 5.94. The Kier molecular flexibility index (Phi) is 10.3. The Morgan fingerprint density at radius 2 is 2.21 bits per heavy atom. The van der Waals surface area contributed by atoms with Crippen molar-refractivity contribution in [3.63, 3.8) is 0 Å². The molecule has 162 valence electrons. The van der Waals surface area contributed by atoms with E-state index in [1.807, 2.05) is 31.2 Å². The number of β-amino-alcohol motifs (C(OH)–C–C–N with tert-alkyl or cyclic N) is 1. The van der Waals surface area contributed by atoms with E-state index < -0.39 is 6.10 Å². The fourth-order valence-corrected chi connectivity index (χ4v) is 3.30. The van der Waals surface area contributed by atoms with Crippen LogP contribution in [0.2, 0.25) is 0 Å². The van der Waals surface area contributed by atoms with Gasteiger partial charge in [0, 0.05) is 45.4 Å². The first-order valence-corrected chi connectivity index (χ1v) is 10.1. The molecule has 0 aliphatic carbocycles. The van der Waals surface area contributed by atoms with Crippen molar-refractivity contribution in [2.75, 3.05) is 66.3 Å². The standard InChI is InChI=1S/C22H34N2O5/c1-4-11-28-17-20(25)14-23-9-13-29-21(15-23)16-24(10-12-27-3)22(26)19-7-5-18(2)6-8-19/h4-8,20-21,25H,1,9-17H2,2-3H3/t20-,21+/m1/s1. The molecule has 7 nitrogen and oxygen atoms in total. The van der Waals surface area contributed by atoms with Gasteiger partial charge in [0.15, 0.2) is 0 Å². The summed E-state index contributed by atoms with van der Waals surface area (Å²) in [4.78, 5) is 16.9. The third kappa shape index (κ3) is 8.24. The molecule has 2 atom stereocenters. The van der Waals surface area contributed by atoms with Crippen LogP contribution in [0.5, 0.6) is 0 Å². The summed E-state index contributed by atoms with van der Waals surface area (Å²) in [6.45, 7) is 10.2. The van der Waals surface area contributed by atoms with E-state index in [9.17, 15) is 9.90 Å². The fourth-order valence-electron chi connectivity index (χ4n) is 3.30. The quantitative estimate of drug-likeness (QED) is 0.417. The van der Waals surface area contributed by atoms with Crippen molar-refractivity contribution in [2.24, 2.45) is 0 Å². The molecule has 0 saturated carbocycles. The van der Waals surface area contributed by atoms with Crippen molar-refractivity contribution in [3.8, 4) is 0 Å². The number of nitrogens with zero attached hydrogens (tertiary/aromatic N) is 2. The third-order valence-electron chi connectivity index (χ3n) is 4.81. The van der Waals surface area contributed by atoms with Gasteiger partial charge in [0.05, 0.1) is 38.6 Å². The number of hydrogen-bond acceptors (Lipinski definition) is 6. The van der Waals surface area contributed by atoms with Crippen LogP contribution in [-0.2, 0) is 14.2 Å². The molecule has 29 heavy (non-hydrogen) atoms. The van der Waals surface area contributed by atoms with E-state index in [-0.39, 0.29) is 18.6 Å². The van der Waals surface area contributed by atoms with Crippen LogP contribution in [0, 0.1) is 6.92 Å². The first-order chi connectivity index (χ1) is 14.0. The first-order valence-electron chi connectivity index (χ1n) is 10.1. The molecule has 1 aliphatic heterocycles. The molecule has 2 rings (SSSR count). The molecule has 1 saturated heterocycles. The molecular weight excluding hydrogens is 372 g/mol. The van der Waals surface area contributed by atoms with Crippen LogP contribution in [-0.4, -0.2) is 99.3 Å². The van der Waals surface area contributed by atoms with Gasteiger partial charge in [0.25, 0.3) is 5.91 Å². The zero-order valence-corrected chi connectivity index (χ0v) is 17.6. The summed E-state index contributed by atoms with van der Waals surface area (Å²) in [6.07, 6.45) is 0.987. The molecule has 1 aromatic rings. The lowest BCUT2D eigenvalue weighted by Crippen LogP contribution is -2.51. The van der Waals surface area contributed by atoms with E-state index >= 15 is 0 Å². The minimum absolute atomic E-state index is 0.0272. The summed E-state index contributed by atoms with van der Waals surface area (Å²) in [5.74, 6) is -0.0272. The van der Waals surface area contributed by atoms with Gasteiger partial charge in [-0.15, -0.1) is 6.58 Å². The predicted molar refractivity (Wildman–Crippen MR) is 112 cm³/mol. The number of aliphatic hydroxyl groups is 1. The van der Waals surface area contributed by atoms with E-state index in [4.69, 9.17) is 14.2 Å². The predicted octanol–water partition coefficient (Wildman–Crippen LogP) is 1.35. The van der Waals surface area contributed by atoms with Crippen LogP contribution < -0.4 is 0 Å². The molecule has 7 heteroatoms. The molecule has 1 aromatic carbocycles. The molecule has 0 unspecified atom stereocenters. The third-order valence-corrected chi connectivity index (χ3v) is 4.81. The van der Waals surface area contributed by atoms with Gasteiger partial charge < -0.3 is 24.2 Å². The number of hydrogen-bond donors (Lipinski definition) is 1. The zero-order valence-electron chi connectivity index (χ0n) is 17.6. The highest BCUT2D eigenvalue weighted by atomic mass is 16.5. The van der Waals surface area contributed by atoms with Crippen molar-refractivity contribution in [1.82, 2.24) is 9.80 Å². The highest BCUT2D eigenvalue weighted by Crippen LogP contribution is 2.12. The number of benzene rings is 1. The number of aliphatic hydroxyl groups excluding tert-OH is 1. The normalized spacial score (nSPS) is 18.4. The van der Waals surface area contributed by atoms with Gasteiger partial charge in [-0.1, -0.05) is 23.8 Å². The molecule has 0 aromatic heterocycles. The largest absolute Gasteiger partial charge is 0.389 e. The minimum atomic E-state index is -0.563. The fraction of sp³-hybridized carbons (Fsp3) is 0.591. The summed E-state index contributed by atoms with van der Waals surface area (Å²) in [5, 5.41) is 10.1. The molecule has 0 radical (unpaired) electrons. The maximum absolute atomic E-state index is 13.0. The number of aryl methyl sites for hydroxylation is 1. The number of morpholine rings is 1. The van der Waals surface area contributed by atoms with E-state index in [0.717, 1.165) is 12.1 Å². The summed E-state index contributed by atoms with van der Waals surface area (Å²) in [5.41, 5.74) is 1.78. The second kappa shape index (κ2) is 12.7. The average molecular weight is 407 g/mol. The molecule has 1 heterocycles. The van der Waals surface area contributed by atoms with Gasteiger partial charge in [0.2, 0.25) is 0 Å². The number of amides is 1. The summed E-state index contributed by atoms with van der Waals surface area (Å²) < 4.78 is 16.4. The summed E-state index contributed by atoms with van der Waals surface area (Å²) >= 11 is 0. The topological polar surface area (TPSA) is 71.5 Å². The average Bonchev–Trinajstić information content (AvgIpc) is 2.71. The number of rotatable bonds is 12. The zero-order chi connectivity index (χ0) is 21.1. The second-order valence-electron chi connectivity index (χ2n) is 7.34. The second-order valence-corrected chi connectivity index (χ2v) is 7.34. The molecular formula is C22H34N2O5. The van der Waals surface area contributed by atoms with Crippen LogP contribution in [0.3, 0.4) is 0 Å². The maximum atomic E-state index is 13.0. The Morgan fingerprint density at radius 1 is 1.45 bits per heavy atom. The van der Waals surface area contributed by atoms with Crippen molar-refractivity contribution in [1.29, 1.82) is 0 Å². The Labute approximate surface area is 173 Å². The van der Waals surface area contributed by atoms with E-state index in [0.29, 0.717) is 51.6 Å². The smallest absolute Gasteiger partial charge is 0.254 e. The monoisotopic (exact) mass is 406 g/mol. The van der Waals surface area contributed by atoms with Crippen LogP contribution in [0.15, 0.2) is 36.9 Å². The number of methoxy groups -OCH3 is 1.